The molecule has 0 aliphatic heterocycles. The molecule has 0 unspecified atom stereocenters. The first-order chi connectivity index (χ1) is 9.43. The van der Waals surface area contributed by atoms with Gasteiger partial charge in [0.25, 0.3) is 0 Å². The van der Waals surface area contributed by atoms with Crippen molar-refractivity contribution in [1.29, 1.82) is 0 Å². The first-order valence-electron chi connectivity index (χ1n) is 6.53. The van der Waals surface area contributed by atoms with Crippen molar-refractivity contribution in [1.82, 2.24) is 0 Å². The Balaban J connectivity index is 2.38. The molecular weight excluding hydrogens is 262 g/mol. The average molecular weight is 278 g/mol. The highest BCUT2D eigenvalue weighted by molar-refractivity contribution is 6.66. The maximum Gasteiger partial charge on any atom is 0.506 e. The summed E-state index contributed by atoms with van der Waals surface area (Å²) in [4.78, 5) is 1.71. The maximum absolute atomic E-state index is 12.7. The molecule has 0 radical (unpaired) electrons. The molecule has 2 aromatic rings. The third kappa shape index (κ3) is 2.98. The molecule has 1 nitrogen and oxygen atoms in total. The second-order valence-corrected chi connectivity index (χ2v) is 4.75. The van der Waals surface area contributed by atoms with Crippen LogP contribution >= 0.6 is 0 Å². The van der Waals surface area contributed by atoms with E-state index in [1.807, 2.05) is 49.4 Å². The fraction of sp³-hybridized carbons (Fsp3) is 0.200. The van der Waals surface area contributed by atoms with Crippen LogP contribution in [0.15, 0.2) is 54.5 Å². The predicted octanol–water partition coefficient (Wildman–Crippen LogP) is 4.61. The molecule has 0 fully saturated rings. The normalized spacial score (nSPS) is 11.6. The van der Waals surface area contributed by atoms with Gasteiger partial charge >= 0.3 is 6.98 Å². The number of anilines is 1. The lowest BCUT2D eigenvalue weighted by molar-refractivity contribution is 0.488. The predicted molar refractivity (Wildman–Crippen MR) is 80.1 cm³/mol. The number of likely N-dealkylation sites (N-methyl/N-ethyl adjacent to an activating group) is 1. The summed E-state index contributed by atoms with van der Waals surface area (Å²) >= 11 is 0. The minimum Gasteiger partial charge on any atom is -0.445 e. The number of fused-ring (bicyclic) bond motifs is 1. The summed E-state index contributed by atoms with van der Waals surface area (Å²) in [6, 6.07) is 13.4. The van der Waals surface area contributed by atoms with Crippen LogP contribution in [0.4, 0.5) is 18.6 Å². The van der Waals surface area contributed by atoms with Crippen LogP contribution in [0.2, 0.25) is 0 Å². The fourth-order valence-electron chi connectivity index (χ4n) is 2.20. The van der Waals surface area contributed by atoms with E-state index in [0.717, 1.165) is 16.5 Å². The van der Waals surface area contributed by atoms with Gasteiger partial charge in [-0.25, -0.2) is 0 Å². The van der Waals surface area contributed by atoms with Crippen molar-refractivity contribution in [3.05, 3.63) is 54.5 Å². The molecule has 0 atom stereocenters. The van der Waals surface area contributed by atoms with E-state index in [9.17, 15) is 12.9 Å². The number of halogens is 3. The molecule has 0 spiro atoms. The largest absolute Gasteiger partial charge is 0.506 e. The van der Waals surface area contributed by atoms with Crippen LogP contribution in [0.3, 0.4) is 0 Å². The van der Waals surface area contributed by atoms with Crippen LogP contribution in [-0.2, 0) is 0 Å². The molecule has 5 heteroatoms. The van der Waals surface area contributed by atoms with E-state index < -0.39 is 12.4 Å². The van der Waals surface area contributed by atoms with Crippen molar-refractivity contribution in [2.24, 2.45) is 0 Å². The molecule has 20 heavy (non-hydrogen) atoms. The standard InChI is InChI=1S/C15H16BF3N/c1-3-20(11-12(2)16(17,18)19)15-10-6-8-13-7-4-5-9-14(13)15/h4-10H,2-3,11H2,1H3/q-1. The number of hydrogen-bond donors (Lipinski definition) is 0. The summed E-state index contributed by atoms with van der Waals surface area (Å²) in [7, 11) is 0. The highest BCUT2D eigenvalue weighted by Gasteiger charge is 2.27. The smallest absolute Gasteiger partial charge is 0.445 e. The number of nitrogens with zero attached hydrogens (tertiary/aromatic N) is 1. The Labute approximate surface area is 116 Å². The van der Waals surface area contributed by atoms with Gasteiger partial charge in [0.1, 0.15) is 0 Å². The quantitative estimate of drug-likeness (QED) is 0.722. The van der Waals surface area contributed by atoms with E-state index in [2.05, 4.69) is 6.58 Å². The van der Waals surface area contributed by atoms with Crippen LogP contribution < -0.4 is 4.90 Å². The van der Waals surface area contributed by atoms with Crippen molar-refractivity contribution in [3.8, 4) is 0 Å². The number of benzene rings is 2. The van der Waals surface area contributed by atoms with Gasteiger partial charge in [-0.05, 0) is 18.4 Å². The van der Waals surface area contributed by atoms with Gasteiger partial charge < -0.3 is 17.8 Å². The van der Waals surface area contributed by atoms with Gasteiger partial charge in [0, 0.05) is 24.2 Å². The minimum absolute atomic E-state index is 0.187. The fourth-order valence-corrected chi connectivity index (χ4v) is 2.20. The Morgan fingerprint density at radius 3 is 2.40 bits per heavy atom. The molecule has 0 bridgehead atoms. The number of rotatable bonds is 5. The lowest BCUT2D eigenvalue weighted by Crippen LogP contribution is -2.32. The zero-order chi connectivity index (χ0) is 14.8. The minimum atomic E-state index is -4.99. The Morgan fingerprint density at radius 1 is 1.10 bits per heavy atom. The van der Waals surface area contributed by atoms with E-state index in [0.29, 0.717) is 6.54 Å². The Bertz CT molecular complexity index is 617. The van der Waals surface area contributed by atoms with Crippen molar-refractivity contribution in [3.63, 3.8) is 0 Å². The van der Waals surface area contributed by atoms with Gasteiger partial charge in [-0.1, -0.05) is 36.4 Å². The van der Waals surface area contributed by atoms with Gasteiger partial charge in [-0.2, -0.15) is 0 Å². The third-order valence-electron chi connectivity index (χ3n) is 3.35. The SMILES string of the molecule is C=C(CN(CC)c1cccc2ccccc12)[B-](F)(F)F. The molecule has 2 aromatic carbocycles. The molecule has 0 aliphatic carbocycles. The molecule has 2 rings (SSSR count). The Kier molecular flexibility index (Phi) is 4.07. The van der Waals surface area contributed by atoms with Crippen LogP contribution in [0, 0.1) is 0 Å². The first kappa shape index (κ1) is 14.5. The molecule has 0 aliphatic rings. The molecule has 0 heterocycles. The second kappa shape index (κ2) is 5.61. The van der Waals surface area contributed by atoms with Crippen LogP contribution in [0.25, 0.3) is 10.8 Å². The van der Waals surface area contributed by atoms with Crippen molar-refractivity contribution < 1.29 is 12.9 Å². The van der Waals surface area contributed by atoms with E-state index in [1.54, 1.807) is 4.90 Å². The van der Waals surface area contributed by atoms with E-state index in [4.69, 9.17) is 0 Å². The summed E-state index contributed by atoms with van der Waals surface area (Å²) in [5.74, 6) is 0. The monoisotopic (exact) mass is 278 g/mol. The lowest BCUT2D eigenvalue weighted by Gasteiger charge is -2.29. The van der Waals surface area contributed by atoms with Crippen LogP contribution in [0.5, 0.6) is 0 Å². The van der Waals surface area contributed by atoms with E-state index in [1.165, 1.54) is 0 Å². The summed E-state index contributed by atoms with van der Waals surface area (Å²) in [6.45, 7) is 0.347. The Hall–Kier alpha value is -1.91. The zero-order valence-electron chi connectivity index (χ0n) is 11.3. The van der Waals surface area contributed by atoms with Crippen LogP contribution in [-0.4, -0.2) is 20.1 Å². The van der Waals surface area contributed by atoms with Crippen molar-refractivity contribution in [2.45, 2.75) is 6.92 Å². The maximum atomic E-state index is 12.7. The average Bonchev–Trinajstić information content (AvgIpc) is 2.43. The highest BCUT2D eigenvalue weighted by atomic mass is 19.4. The van der Waals surface area contributed by atoms with Gasteiger partial charge in [0.2, 0.25) is 0 Å². The van der Waals surface area contributed by atoms with Gasteiger partial charge in [0.15, 0.2) is 0 Å². The summed E-state index contributed by atoms with van der Waals surface area (Å²) in [5, 5.41) is 1.98. The zero-order valence-corrected chi connectivity index (χ0v) is 11.3. The third-order valence-corrected chi connectivity index (χ3v) is 3.35. The van der Waals surface area contributed by atoms with Crippen molar-refractivity contribution in [2.75, 3.05) is 18.0 Å². The molecule has 0 amide bonds. The van der Waals surface area contributed by atoms with Crippen molar-refractivity contribution >= 4 is 23.4 Å². The van der Waals surface area contributed by atoms with E-state index in [-0.39, 0.29) is 6.54 Å². The Morgan fingerprint density at radius 2 is 1.75 bits per heavy atom. The molecule has 0 saturated heterocycles. The first-order valence-corrected chi connectivity index (χ1v) is 6.53. The van der Waals surface area contributed by atoms with Gasteiger partial charge in [-0.3, -0.25) is 0 Å². The summed E-state index contributed by atoms with van der Waals surface area (Å²) in [5.41, 5.74) is 0.145. The summed E-state index contributed by atoms with van der Waals surface area (Å²) < 4.78 is 38.1. The highest BCUT2D eigenvalue weighted by Crippen LogP contribution is 2.28. The molecular formula is C15H16BF3N-. The lowest BCUT2D eigenvalue weighted by atomic mass is 9.80. The van der Waals surface area contributed by atoms with Gasteiger partial charge in [-0.15, -0.1) is 12.1 Å². The van der Waals surface area contributed by atoms with Crippen LogP contribution in [0.1, 0.15) is 6.92 Å². The molecule has 106 valence electrons. The second-order valence-electron chi connectivity index (χ2n) is 4.75. The summed E-state index contributed by atoms with van der Waals surface area (Å²) in [6.07, 6.45) is 0. The topological polar surface area (TPSA) is 3.24 Å². The molecule has 0 aromatic heterocycles. The van der Waals surface area contributed by atoms with E-state index >= 15 is 0 Å². The number of hydrogen-bond acceptors (Lipinski definition) is 1. The molecule has 0 saturated carbocycles. The molecule has 0 N–H and O–H groups in total. The van der Waals surface area contributed by atoms with Gasteiger partial charge in [0.05, 0.1) is 0 Å².